The minimum Gasteiger partial charge on any atom is -1.00 e. The fourth-order valence-corrected chi connectivity index (χ4v) is 1.97. The van der Waals surface area contributed by atoms with E-state index in [1.807, 2.05) is 28.8 Å². The molecule has 0 saturated heterocycles. The highest BCUT2D eigenvalue weighted by molar-refractivity contribution is 6.30. The molecule has 0 atom stereocenters. The molecule has 0 bridgehead atoms. The molecule has 3 aromatic rings. The van der Waals surface area contributed by atoms with Gasteiger partial charge in [-0.3, -0.25) is 0 Å². The average Bonchev–Trinajstić information content (AvgIpc) is 2.82. The number of nitrogens with zero attached hydrogens (tertiary/aromatic N) is 2. The van der Waals surface area contributed by atoms with Crippen molar-refractivity contribution in [2.45, 2.75) is 0 Å². The van der Waals surface area contributed by atoms with Gasteiger partial charge in [-0.15, -0.1) is 0 Å². The van der Waals surface area contributed by atoms with Gasteiger partial charge in [0.2, 0.25) is 0 Å². The Morgan fingerprint density at radius 1 is 1.11 bits per heavy atom. The Morgan fingerprint density at radius 2 is 1.84 bits per heavy atom. The molecular formula is C14H10BrClN2O. The van der Waals surface area contributed by atoms with Crippen LogP contribution in [0.2, 0.25) is 5.02 Å². The molecule has 0 unspecified atom stereocenters. The molecular weight excluding hydrogens is 328 g/mol. The largest absolute Gasteiger partial charge is 1.00 e. The molecule has 0 spiro atoms. The second-order valence-electron chi connectivity index (χ2n) is 4.00. The molecule has 3 nitrogen and oxygen atoms in total. The maximum Gasteiger partial charge on any atom is 0.345 e. The summed E-state index contributed by atoms with van der Waals surface area (Å²) in [5.74, 6) is -0.0737. The summed E-state index contributed by atoms with van der Waals surface area (Å²) < 4.78 is 3.46. The molecule has 2 aromatic heterocycles. The predicted octanol–water partition coefficient (Wildman–Crippen LogP) is -0.427. The number of aromatic nitrogens is 2. The zero-order valence-corrected chi connectivity index (χ0v) is 12.2. The maximum absolute atomic E-state index is 12.2. The van der Waals surface area contributed by atoms with E-state index in [1.165, 1.54) is 0 Å². The van der Waals surface area contributed by atoms with Gasteiger partial charge in [-0.25, -0.2) is 9.20 Å². The van der Waals surface area contributed by atoms with Crippen LogP contribution in [0.15, 0.2) is 61.2 Å². The third kappa shape index (κ3) is 2.69. The smallest absolute Gasteiger partial charge is 0.345 e. The molecule has 96 valence electrons. The van der Waals surface area contributed by atoms with E-state index in [0.717, 1.165) is 5.52 Å². The third-order valence-electron chi connectivity index (χ3n) is 2.77. The van der Waals surface area contributed by atoms with Crippen LogP contribution in [0.3, 0.4) is 0 Å². The lowest BCUT2D eigenvalue weighted by molar-refractivity contribution is -0.511. The Kier molecular flexibility index (Phi) is 4.02. The molecule has 0 aliphatic rings. The second kappa shape index (κ2) is 5.55. The predicted molar refractivity (Wildman–Crippen MR) is 68.8 cm³/mol. The summed E-state index contributed by atoms with van der Waals surface area (Å²) in [6.07, 6.45) is 5.46. The minimum atomic E-state index is -0.0737. The highest BCUT2D eigenvalue weighted by atomic mass is 79.9. The number of fused-ring (bicyclic) bond motifs is 1. The van der Waals surface area contributed by atoms with Crippen molar-refractivity contribution in [1.29, 1.82) is 0 Å². The molecule has 0 radical (unpaired) electrons. The first kappa shape index (κ1) is 13.8. The van der Waals surface area contributed by atoms with Crippen LogP contribution in [0.1, 0.15) is 10.4 Å². The van der Waals surface area contributed by atoms with Crippen molar-refractivity contribution in [3.8, 4) is 0 Å². The van der Waals surface area contributed by atoms with E-state index in [9.17, 15) is 4.79 Å². The molecule has 19 heavy (non-hydrogen) atoms. The normalized spacial score (nSPS) is 10.2. The van der Waals surface area contributed by atoms with Gasteiger partial charge in [-0.2, -0.15) is 4.57 Å². The van der Waals surface area contributed by atoms with Crippen LogP contribution >= 0.6 is 11.6 Å². The molecule has 0 aliphatic carbocycles. The standard InChI is InChI=1S/C14H10ClN2O.BrH/c15-12-6-4-11(5-7-12)14(18)17-9-13-3-1-2-8-16(13)10-17;/h1-10H;1H/q+1;/p-1. The summed E-state index contributed by atoms with van der Waals surface area (Å²) in [5, 5.41) is 0.624. The molecule has 2 heterocycles. The number of benzene rings is 1. The number of rotatable bonds is 1. The summed E-state index contributed by atoms with van der Waals surface area (Å²) in [6.45, 7) is 0. The Bertz CT molecular complexity index is 689. The molecule has 3 rings (SSSR count). The van der Waals surface area contributed by atoms with Crippen LogP contribution < -0.4 is 21.4 Å². The zero-order chi connectivity index (χ0) is 12.5. The van der Waals surface area contributed by atoms with Gasteiger partial charge in [0.25, 0.3) is 6.33 Å². The first-order valence-electron chi connectivity index (χ1n) is 5.52. The number of carbonyl (C=O) groups is 1. The Labute approximate surface area is 125 Å². The van der Waals surface area contributed by atoms with Crippen LogP contribution in [-0.2, 0) is 0 Å². The Hall–Kier alpha value is -1.65. The van der Waals surface area contributed by atoms with Gasteiger partial charge >= 0.3 is 5.91 Å². The van der Waals surface area contributed by atoms with Crippen molar-refractivity contribution >= 4 is 23.0 Å². The summed E-state index contributed by atoms with van der Waals surface area (Å²) in [5.41, 5.74) is 1.58. The quantitative estimate of drug-likeness (QED) is 0.554. The molecule has 0 N–H and O–H groups in total. The zero-order valence-electron chi connectivity index (χ0n) is 9.83. The van der Waals surface area contributed by atoms with Crippen LogP contribution in [0.25, 0.3) is 5.52 Å². The summed E-state index contributed by atoms with van der Waals surface area (Å²) in [4.78, 5) is 12.2. The number of hydrogen-bond acceptors (Lipinski definition) is 1. The molecule has 0 aliphatic heterocycles. The van der Waals surface area contributed by atoms with Gasteiger partial charge in [0.1, 0.15) is 6.20 Å². The SMILES string of the molecule is O=C(c1ccc(Cl)cc1)n1cc2cccc[n+]2c1.[Br-]. The van der Waals surface area contributed by atoms with Crippen molar-refractivity contribution in [2.24, 2.45) is 0 Å². The first-order chi connectivity index (χ1) is 8.74. The van der Waals surface area contributed by atoms with E-state index in [4.69, 9.17) is 11.6 Å². The van der Waals surface area contributed by atoms with E-state index in [-0.39, 0.29) is 22.9 Å². The van der Waals surface area contributed by atoms with Gasteiger partial charge in [0, 0.05) is 5.02 Å². The van der Waals surface area contributed by atoms with Crippen LogP contribution in [0.4, 0.5) is 0 Å². The van der Waals surface area contributed by atoms with Crippen molar-refractivity contribution < 1.29 is 26.2 Å². The van der Waals surface area contributed by atoms with Crippen LogP contribution in [0.5, 0.6) is 0 Å². The molecule has 0 fully saturated rings. The van der Waals surface area contributed by atoms with Crippen LogP contribution in [0, 0.1) is 0 Å². The number of pyridine rings is 1. The van der Waals surface area contributed by atoms with E-state index in [2.05, 4.69) is 0 Å². The van der Waals surface area contributed by atoms with Crippen molar-refractivity contribution in [3.63, 3.8) is 0 Å². The first-order valence-corrected chi connectivity index (χ1v) is 5.90. The fourth-order valence-electron chi connectivity index (χ4n) is 1.85. The van der Waals surface area contributed by atoms with Gasteiger partial charge < -0.3 is 17.0 Å². The highest BCUT2D eigenvalue weighted by Crippen LogP contribution is 2.11. The summed E-state index contributed by atoms with van der Waals surface area (Å²) in [7, 11) is 0. The van der Waals surface area contributed by atoms with E-state index >= 15 is 0 Å². The lowest BCUT2D eigenvalue weighted by atomic mass is 10.2. The number of imidazole rings is 1. The second-order valence-corrected chi connectivity index (χ2v) is 4.43. The molecule has 1 aromatic carbocycles. The van der Waals surface area contributed by atoms with Crippen LogP contribution in [-0.4, -0.2) is 10.5 Å². The monoisotopic (exact) mass is 336 g/mol. The molecule has 5 heteroatoms. The van der Waals surface area contributed by atoms with Gasteiger partial charge in [0.15, 0.2) is 5.52 Å². The topological polar surface area (TPSA) is 26.1 Å². The van der Waals surface area contributed by atoms with Gasteiger partial charge in [-0.1, -0.05) is 17.7 Å². The molecule has 0 saturated carbocycles. The Morgan fingerprint density at radius 3 is 2.53 bits per heavy atom. The third-order valence-corrected chi connectivity index (χ3v) is 3.02. The Balaban J connectivity index is 0.00000133. The fraction of sp³-hybridized carbons (Fsp3) is 0. The average molecular weight is 338 g/mol. The van der Waals surface area contributed by atoms with Gasteiger partial charge in [-0.05, 0) is 36.4 Å². The minimum absolute atomic E-state index is 0. The number of carbonyl (C=O) groups excluding carboxylic acids is 1. The lowest BCUT2D eigenvalue weighted by Crippen LogP contribution is -3.00. The number of hydrogen-bond donors (Lipinski definition) is 0. The maximum atomic E-state index is 12.2. The molecule has 0 amide bonds. The van der Waals surface area contributed by atoms with E-state index in [0.29, 0.717) is 10.6 Å². The number of halogens is 2. The highest BCUT2D eigenvalue weighted by Gasteiger charge is 2.15. The van der Waals surface area contributed by atoms with Crippen molar-refractivity contribution in [1.82, 2.24) is 4.57 Å². The van der Waals surface area contributed by atoms with Gasteiger partial charge in [0.05, 0.1) is 11.8 Å². The van der Waals surface area contributed by atoms with E-state index in [1.54, 1.807) is 41.4 Å². The summed E-state index contributed by atoms with van der Waals surface area (Å²) in [6, 6.07) is 12.7. The van der Waals surface area contributed by atoms with E-state index < -0.39 is 0 Å². The summed E-state index contributed by atoms with van der Waals surface area (Å²) >= 11 is 5.80. The van der Waals surface area contributed by atoms with Crippen molar-refractivity contribution in [2.75, 3.05) is 0 Å². The lowest BCUT2D eigenvalue weighted by Gasteiger charge is -1.95. The van der Waals surface area contributed by atoms with Crippen molar-refractivity contribution in [3.05, 3.63) is 71.8 Å².